The van der Waals surface area contributed by atoms with Gasteiger partial charge in [0.15, 0.2) is 0 Å². The molecule has 0 aromatic rings. The lowest BCUT2D eigenvalue weighted by molar-refractivity contribution is -0.0684. The van der Waals surface area contributed by atoms with Gasteiger partial charge in [0, 0.05) is 24.9 Å². The molecule has 2 bridgehead atoms. The number of nitrogens with one attached hydrogen (secondary N) is 2. The molecule has 0 radical (unpaired) electrons. The first-order valence-corrected chi connectivity index (χ1v) is 10.1. The average Bonchev–Trinajstić information content (AvgIpc) is 3.22. The van der Waals surface area contributed by atoms with E-state index in [0.717, 1.165) is 55.9 Å². The topological polar surface area (TPSA) is 50.4 Å². The molecule has 2 saturated heterocycles. The smallest absolute Gasteiger partial charge is 0.315 e. The molecule has 4 nitrogen and oxygen atoms in total. The van der Waals surface area contributed by atoms with Crippen molar-refractivity contribution in [3.05, 3.63) is 0 Å². The molecule has 0 aromatic heterocycles. The van der Waals surface area contributed by atoms with Gasteiger partial charge in [0.05, 0.1) is 5.60 Å². The van der Waals surface area contributed by atoms with E-state index in [0.29, 0.717) is 0 Å². The first kappa shape index (κ1) is 15.1. The lowest BCUT2D eigenvalue weighted by Gasteiger charge is -2.38. The summed E-state index contributed by atoms with van der Waals surface area (Å²) < 4.78 is 6.02. The van der Waals surface area contributed by atoms with Crippen molar-refractivity contribution in [3.8, 4) is 0 Å². The third kappa shape index (κ3) is 3.12. The summed E-state index contributed by atoms with van der Waals surface area (Å²) in [4.78, 5) is 12.2. The van der Waals surface area contributed by atoms with E-state index in [9.17, 15) is 4.79 Å². The summed E-state index contributed by atoms with van der Waals surface area (Å²) in [6.45, 7) is 1.66. The molecule has 4 aliphatic rings. The number of ether oxygens (including phenoxy) is 1. The Morgan fingerprint density at radius 2 is 2.23 bits per heavy atom. The average molecular weight is 324 g/mol. The zero-order valence-electron chi connectivity index (χ0n) is 13.3. The Kier molecular flexibility index (Phi) is 4.29. The summed E-state index contributed by atoms with van der Waals surface area (Å²) in [6, 6.07) is 0.322. The fourth-order valence-corrected chi connectivity index (χ4v) is 6.48. The number of urea groups is 1. The molecule has 5 heteroatoms. The molecular formula is C17H28N2O2S. The molecule has 2 saturated carbocycles. The van der Waals surface area contributed by atoms with E-state index in [1.165, 1.54) is 31.4 Å². The van der Waals surface area contributed by atoms with E-state index in [2.05, 4.69) is 10.6 Å². The van der Waals surface area contributed by atoms with Gasteiger partial charge in [0.2, 0.25) is 0 Å². The number of carbonyl (C=O) groups is 1. The third-order valence-electron chi connectivity index (χ3n) is 6.30. The van der Waals surface area contributed by atoms with Crippen LogP contribution < -0.4 is 10.6 Å². The quantitative estimate of drug-likeness (QED) is 0.839. The van der Waals surface area contributed by atoms with Gasteiger partial charge in [0.1, 0.15) is 0 Å². The van der Waals surface area contributed by atoms with Crippen LogP contribution >= 0.6 is 11.8 Å². The summed E-state index contributed by atoms with van der Waals surface area (Å²) in [5, 5.41) is 6.34. The van der Waals surface area contributed by atoms with Gasteiger partial charge in [-0.1, -0.05) is 6.42 Å². The summed E-state index contributed by atoms with van der Waals surface area (Å²) >= 11 is 1.98. The molecule has 2 aliphatic heterocycles. The fourth-order valence-electron chi connectivity index (χ4n) is 5.10. The largest absolute Gasteiger partial charge is 0.374 e. The first-order chi connectivity index (χ1) is 10.7. The van der Waals surface area contributed by atoms with Gasteiger partial charge in [-0.2, -0.15) is 11.8 Å². The summed E-state index contributed by atoms with van der Waals surface area (Å²) in [5.41, 5.74) is 0.0471. The Balaban J connectivity index is 1.22. The van der Waals surface area contributed by atoms with Crippen LogP contribution in [0.2, 0.25) is 0 Å². The second-order valence-corrected chi connectivity index (χ2v) is 8.92. The lowest BCUT2D eigenvalue weighted by Crippen LogP contribution is -2.51. The van der Waals surface area contributed by atoms with Crippen molar-refractivity contribution in [3.63, 3.8) is 0 Å². The molecule has 124 valence electrons. The number of thioether (sulfide) groups is 1. The van der Waals surface area contributed by atoms with Crippen LogP contribution in [0.25, 0.3) is 0 Å². The van der Waals surface area contributed by atoms with Crippen molar-refractivity contribution in [2.45, 2.75) is 56.6 Å². The predicted molar refractivity (Wildman–Crippen MR) is 89.1 cm³/mol. The molecule has 4 fully saturated rings. The highest BCUT2D eigenvalue weighted by Gasteiger charge is 2.41. The highest BCUT2D eigenvalue weighted by Crippen LogP contribution is 2.47. The number of hydrogen-bond donors (Lipinski definition) is 2. The number of rotatable bonds is 3. The molecule has 1 spiro atoms. The first-order valence-electron chi connectivity index (χ1n) is 8.98. The Morgan fingerprint density at radius 1 is 1.27 bits per heavy atom. The normalized spacial score (nSPS) is 43.6. The van der Waals surface area contributed by atoms with Gasteiger partial charge < -0.3 is 15.4 Å². The number of fused-ring (bicyclic) bond motifs is 2. The number of hydrogen-bond acceptors (Lipinski definition) is 3. The summed E-state index contributed by atoms with van der Waals surface area (Å²) in [6.07, 6.45) is 8.64. The van der Waals surface area contributed by atoms with Crippen molar-refractivity contribution in [2.24, 2.45) is 17.8 Å². The Labute approximate surface area is 137 Å². The Morgan fingerprint density at radius 3 is 2.95 bits per heavy atom. The van der Waals surface area contributed by atoms with Crippen LogP contribution in [0.5, 0.6) is 0 Å². The van der Waals surface area contributed by atoms with Gasteiger partial charge in [-0.3, -0.25) is 0 Å². The molecule has 4 rings (SSSR count). The molecule has 2 N–H and O–H groups in total. The molecule has 22 heavy (non-hydrogen) atoms. The van der Waals surface area contributed by atoms with E-state index >= 15 is 0 Å². The maximum atomic E-state index is 12.2. The SMILES string of the molecule is O=C(NC[C@@H]1C[C@H]2CC[C@H]1C2)N[C@H]1CCO[C@@]2(CCSC2)C1. The number of amides is 2. The molecule has 2 amide bonds. The fraction of sp³-hybridized carbons (Fsp3) is 0.941. The lowest BCUT2D eigenvalue weighted by atomic mass is 9.89. The van der Waals surface area contributed by atoms with Crippen LogP contribution in [-0.4, -0.2) is 42.3 Å². The van der Waals surface area contributed by atoms with Crippen LogP contribution in [0, 0.1) is 17.8 Å². The van der Waals surface area contributed by atoms with E-state index in [4.69, 9.17) is 4.74 Å². The van der Waals surface area contributed by atoms with E-state index in [-0.39, 0.29) is 17.7 Å². The van der Waals surface area contributed by atoms with Crippen LogP contribution in [-0.2, 0) is 4.74 Å². The van der Waals surface area contributed by atoms with Gasteiger partial charge in [-0.25, -0.2) is 4.79 Å². The highest BCUT2D eigenvalue weighted by molar-refractivity contribution is 7.99. The van der Waals surface area contributed by atoms with Crippen molar-refractivity contribution >= 4 is 17.8 Å². The van der Waals surface area contributed by atoms with Gasteiger partial charge in [-0.15, -0.1) is 0 Å². The second-order valence-electron chi connectivity index (χ2n) is 7.81. The van der Waals surface area contributed by atoms with Crippen molar-refractivity contribution in [2.75, 3.05) is 24.7 Å². The van der Waals surface area contributed by atoms with Crippen molar-refractivity contribution < 1.29 is 9.53 Å². The van der Waals surface area contributed by atoms with Crippen LogP contribution in [0.1, 0.15) is 44.9 Å². The summed E-state index contributed by atoms with van der Waals surface area (Å²) in [7, 11) is 0. The van der Waals surface area contributed by atoms with E-state index in [1.54, 1.807) is 0 Å². The number of carbonyl (C=O) groups excluding carboxylic acids is 1. The predicted octanol–water partition coefficient (Wildman–Crippen LogP) is 2.78. The van der Waals surface area contributed by atoms with Gasteiger partial charge in [-0.05, 0) is 62.0 Å². The van der Waals surface area contributed by atoms with Gasteiger partial charge in [0.25, 0.3) is 0 Å². The Bertz CT molecular complexity index is 425. The Hall–Kier alpha value is -0.420. The maximum absolute atomic E-state index is 12.2. The monoisotopic (exact) mass is 324 g/mol. The molecule has 0 unspecified atom stereocenters. The van der Waals surface area contributed by atoms with Crippen LogP contribution in [0.4, 0.5) is 4.79 Å². The highest BCUT2D eigenvalue weighted by atomic mass is 32.2. The zero-order chi connectivity index (χ0) is 15.0. The van der Waals surface area contributed by atoms with E-state index in [1.807, 2.05) is 11.8 Å². The minimum Gasteiger partial charge on any atom is -0.374 e. The third-order valence-corrected chi connectivity index (χ3v) is 7.53. The van der Waals surface area contributed by atoms with E-state index < -0.39 is 0 Å². The maximum Gasteiger partial charge on any atom is 0.315 e. The molecule has 5 atom stereocenters. The zero-order valence-corrected chi connectivity index (χ0v) is 14.1. The molecule has 2 heterocycles. The van der Waals surface area contributed by atoms with Crippen LogP contribution in [0.15, 0.2) is 0 Å². The molecule has 0 aromatic carbocycles. The van der Waals surface area contributed by atoms with Gasteiger partial charge >= 0.3 is 6.03 Å². The second kappa shape index (κ2) is 6.23. The standard InChI is InChI=1S/C17H28N2O2S/c20-16(18-10-14-8-12-1-2-13(14)7-12)19-15-3-5-21-17(9-15)4-6-22-11-17/h12-15H,1-11H2,(H2,18,19,20)/t12-,13-,14-,15-,17-/m0/s1. The van der Waals surface area contributed by atoms with Crippen molar-refractivity contribution in [1.82, 2.24) is 10.6 Å². The van der Waals surface area contributed by atoms with Crippen LogP contribution in [0.3, 0.4) is 0 Å². The molecular weight excluding hydrogens is 296 g/mol. The molecule has 2 aliphatic carbocycles. The minimum absolute atomic E-state index is 0.0375. The summed E-state index contributed by atoms with van der Waals surface area (Å²) in [5.74, 6) is 4.86. The van der Waals surface area contributed by atoms with Crippen molar-refractivity contribution in [1.29, 1.82) is 0 Å². The minimum atomic E-state index is 0.0375.